The van der Waals surface area contributed by atoms with Crippen molar-refractivity contribution in [2.24, 2.45) is 10.3 Å². The molecule has 84 valence electrons. The highest BCUT2D eigenvalue weighted by molar-refractivity contribution is 7.98. The molecule has 1 aromatic heterocycles. The van der Waals surface area contributed by atoms with Crippen LogP contribution in [-0.2, 0) is 4.84 Å². The standard InChI is InChI=1S/C10H12N4OS/c1-2-7(1)6-15-13-10-12-8-3-4-11-5-9(8)16-14-10/h3-5,7H,1-2,6H2,(H2,12,13,14). The average molecular weight is 236 g/mol. The summed E-state index contributed by atoms with van der Waals surface area (Å²) in [5.41, 5.74) is 3.84. The summed E-state index contributed by atoms with van der Waals surface area (Å²) in [6.45, 7) is 0.759. The van der Waals surface area contributed by atoms with Gasteiger partial charge in [0.05, 0.1) is 17.2 Å². The molecule has 6 heteroatoms. The summed E-state index contributed by atoms with van der Waals surface area (Å²) in [6.07, 6.45) is 6.11. The second-order valence-corrected chi connectivity index (χ2v) is 4.69. The number of fused-ring (bicyclic) bond motifs is 1. The minimum absolute atomic E-state index is 0.643. The molecule has 1 saturated carbocycles. The average Bonchev–Trinajstić information content (AvgIpc) is 3.13. The van der Waals surface area contributed by atoms with Gasteiger partial charge in [0.25, 0.3) is 0 Å². The van der Waals surface area contributed by atoms with E-state index in [2.05, 4.69) is 20.2 Å². The first-order valence-electron chi connectivity index (χ1n) is 5.25. The third kappa shape index (κ3) is 2.28. The van der Waals surface area contributed by atoms with E-state index in [0.29, 0.717) is 5.96 Å². The van der Waals surface area contributed by atoms with Crippen LogP contribution in [0, 0.1) is 5.92 Å². The maximum Gasteiger partial charge on any atom is 0.232 e. The highest BCUT2D eigenvalue weighted by Crippen LogP contribution is 2.30. The smallest absolute Gasteiger partial charge is 0.232 e. The SMILES string of the molecule is c1cc2c(cn1)SN=C(NOCC1CC1)N2. The topological polar surface area (TPSA) is 58.5 Å². The number of hydrogen-bond acceptors (Lipinski definition) is 6. The van der Waals surface area contributed by atoms with Gasteiger partial charge in [0, 0.05) is 24.3 Å². The van der Waals surface area contributed by atoms with Crippen molar-refractivity contribution < 1.29 is 4.84 Å². The number of hydrogen-bond donors (Lipinski definition) is 2. The van der Waals surface area contributed by atoms with Crippen LogP contribution in [0.4, 0.5) is 5.69 Å². The molecule has 16 heavy (non-hydrogen) atoms. The quantitative estimate of drug-likeness (QED) is 0.619. The fourth-order valence-electron chi connectivity index (χ4n) is 1.36. The minimum Gasteiger partial charge on any atom is -0.323 e. The summed E-state index contributed by atoms with van der Waals surface area (Å²) in [5, 5.41) is 3.14. The molecule has 2 N–H and O–H groups in total. The number of rotatable bonds is 3. The molecule has 5 nitrogen and oxygen atoms in total. The molecule has 2 heterocycles. The van der Waals surface area contributed by atoms with Crippen molar-refractivity contribution in [3.05, 3.63) is 18.5 Å². The molecule has 0 spiro atoms. The maximum absolute atomic E-state index is 5.34. The zero-order chi connectivity index (χ0) is 10.8. The zero-order valence-electron chi connectivity index (χ0n) is 8.64. The molecule has 1 aromatic rings. The first-order valence-corrected chi connectivity index (χ1v) is 6.03. The lowest BCUT2D eigenvalue weighted by molar-refractivity contribution is 0.0764. The lowest BCUT2D eigenvalue weighted by atomic mass is 10.4. The van der Waals surface area contributed by atoms with Gasteiger partial charge in [0.15, 0.2) is 0 Å². The maximum atomic E-state index is 5.34. The van der Waals surface area contributed by atoms with Crippen molar-refractivity contribution in [2.75, 3.05) is 11.9 Å². The molecule has 0 bridgehead atoms. The van der Waals surface area contributed by atoms with Gasteiger partial charge in [-0.15, -0.1) is 0 Å². The fourth-order valence-corrected chi connectivity index (χ4v) is 1.96. The van der Waals surface area contributed by atoms with Crippen LogP contribution >= 0.6 is 11.9 Å². The van der Waals surface area contributed by atoms with Crippen molar-refractivity contribution in [1.82, 2.24) is 10.5 Å². The van der Waals surface area contributed by atoms with E-state index in [1.165, 1.54) is 24.8 Å². The van der Waals surface area contributed by atoms with E-state index >= 15 is 0 Å². The van der Waals surface area contributed by atoms with E-state index in [9.17, 15) is 0 Å². The lowest BCUT2D eigenvalue weighted by Crippen LogP contribution is -2.32. The summed E-state index contributed by atoms with van der Waals surface area (Å²) in [5.74, 6) is 1.38. The van der Waals surface area contributed by atoms with Crippen molar-refractivity contribution >= 4 is 23.6 Å². The Kier molecular flexibility index (Phi) is 2.67. The van der Waals surface area contributed by atoms with Crippen molar-refractivity contribution in [3.63, 3.8) is 0 Å². The Morgan fingerprint density at radius 2 is 2.50 bits per heavy atom. The minimum atomic E-state index is 0.643. The van der Waals surface area contributed by atoms with E-state index in [1.807, 2.05) is 6.07 Å². The Morgan fingerprint density at radius 1 is 1.56 bits per heavy atom. The normalized spacial score (nSPS) is 18.4. The predicted octanol–water partition coefficient (Wildman–Crippen LogP) is 1.80. The van der Waals surface area contributed by atoms with Crippen LogP contribution in [-0.4, -0.2) is 17.6 Å². The van der Waals surface area contributed by atoms with Crippen LogP contribution in [0.2, 0.25) is 0 Å². The second kappa shape index (κ2) is 4.31. The van der Waals surface area contributed by atoms with Gasteiger partial charge in [-0.05, 0) is 24.8 Å². The summed E-state index contributed by atoms with van der Waals surface area (Å²) in [4.78, 5) is 10.4. The molecular weight excluding hydrogens is 224 g/mol. The van der Waals surface area contributed by atoms with Crippen molar-refractivity contribution in [2.45, 2.75) is 17.7 Å². The fraction of sp³-hybridized carbons (Fsp3) is 0.400. The number of anilines is 1. The van der Waals surface area contributed by atoms with Gasteiger partial charge < -0.3 is 5.32 Å². The third-order valence-electron chi connectivity index (χ3n) is 2.46. The molecule has 0 atom stereocenters. The van der Waals surface area contributed by atoms with Gasteiger partial charge in [-0.3, -0.25) is 9.82 Å². The molecule has 2 aliphatic rings. The van der Waals surface area contributed by atoms with Gasteiger partial charge >= 0.3 is 0 Å². The molecule has 1 aliphatic carbocycles. The largest absolute Gasteiger partial charge is 0.323 e. The van der Waals surface area contributed by atoms with E-state index in [4.69, 9.17) is 4.84 Å². The lowest BCUT2D eigenvalue weighted by Gasteiger charge is -2.17. The Morgan fingerprint density at radius 3 is 3.38 bits per heavy atom. The van der Waals surface area contributed by atoms with Crippen LogP contribution in [0.1, 0.15) is 12.8 Å². The first-order chi connectivity index (χ1) is 7.92. The monoisotopic (exact) mass is 236 g/mol. The van der Waals surface area contributed by atoms with E-state index < -0.39 is 0 Å². The summed E-state index contributed by atoms with van der Waals surface area (Å²) >= 11 is 1.39. The molecule has 3 rings (SSSR count). The van der Waals surface area contributed by atoms with Gasteiger partial charge in [0.2, 0.25) is 5.96 Å². The van der Waals surface area contributed by atoms with Gasteiger partial charge in [-0.1, -0.05) is 0 Å². The van der Waals surface area contributed by atoms with Crippen LogP contribution in [0.3, 0.4) is 0 Å². The number of aromatic nitrogens is 1. The number of guanidine groups is 1. The zero-order valence-corrected chi connectivity index (χ0v) is 9.46. The van der Waals surface area contributed by atoms with Gasteiger partial charge in [-0.25, -0.2) is 5.48 Å². The highest BCUT2D eigenvalue weighted by Gasteiger charge is 2.22. The molecular formula is C10H12N4OS. The Bertz CT molecular complexity index is 419. The van der Waals surface area contributed by atoms with Crippen LogP contribution in [0.5, 0.6) is 0 Å². The van der Waals surface area contributed by atoms with Crippen LogP contribution in [0.15, 0.2) is 27.8 Å². The Balaban J connectivity index is 1.56. The van der Waals surface area contributed by atoms with Gasteiger partial charge in [-0.2, -0.15) is 4.40 Å². The first kappa shape index (κ1) is 9.92. The van der Waals surface area contributed by atoms with E-state index in [-0.39, 0.29) is 0 Å². The molecule has 1 fully saturated rings. The van der Waals surface area contributed by atoms with Crippen LogP contribution < -0.4 is 10.8 Å². The summed E-state index contributed by atoms with van der Waals surface area (Å²) < 4.78 is 4.23. The van der Waals surface area contributed by atoms with Crippen molar-refractivity contribution in [1.29, 1.82) is 0 Å². The summed E-state index contributed by atoms with van der Waals surface area (Å²) in [6, 6.07) is 1.92. The second-order valence-electron chi connectivity index (χ2n) is 3.88. The highest BCUT2D eigenvalue weighted by atomic mass is 32.2. The van der Waals surface area contributed by atoms with Gasteiger partial charge in [0.1, 0.15) is 0 Å². The molecule has 1 aliphatic heterocycles. The van der Waals surface area contributed by atoms with E-state index in [0.717, 1.165) is 23.1 Å². The predicted molar refractivity (Wildman–Crippen MR) is 63.0 cm³/mol. The number of hydroxylamine groups is 1. The number of pyridine rings is 1. The summed E-state index contributed by atoms with van der Waals surface area (Å²) in [7, 11) is 0. The third-order valence-corrected chi connectivity index (χ3v) is 3.25. The number of nitrogens with one attached hydrogen (secondary N) is 2. The Hall–Kier alpha value is -1.27. The molecule has 0 radical (unpaired) electrons. The van der Waals surface area contributed by atoms with Crippen molar-refractivity contribution in [3.8, 4) is 0 Å². The molecule has 0 aromatic carbocycles. The molecule has 0 amide bonds. The van der Waals surface area contributed by atoms with E-state index in [1.54, 1.807) is 12.4 Å². The molecule has 0 unspecified atom stereocenters. The molecule has 0 saturated heterocycles. The van der Waals surface area contributed by atoms with Crippen LogP contribution in [0.25, 0.3) is 0 Å². The Labute approximate surface area is 97.8 Å². The number of nitrogens with zero attached hydrogens (tertiary/aromatic N) is 2.